The molecule has 0 saturated heterocycles. The zero-order valence-electron chi connectivity index (χ0n) is 15.2. The topological polar surface area (TPSA) is 92.6 Å². The van der Waals surface area contributed by atoms with Crippen molar-refractivity contribution in [3.63, 3.8) is 0 Å². The Kier molecular flexibility index (Phi) is 4.44. The van der Waals surface area contributed by atoms with Gasteiger partial charge in [-0.25, -0.2) is 15.0 Å². The van der Waals surface area contributed by atoms with Crippen LogP contribution >= 0.6 is 11.3 Å². The van der Waals surface area contributed by atoms with Gasteiger partial charge in [-0.1, -0.05) is 11.3 Å². The fourth-order valence-corrected chi connectivity index (χ4v) is 3.70. The molecule has 0 saturated carbocycles. The maximum absolute atomic E-state index is 12.2. The molecule has 4 rings (SSSR count). The highest BCUT2D eigenvalue weighted by Crippen LogP contribution is 2.34. The number of fused-ring (bicyclic) bond motifs is 2. The molecule has 2 aromatic heterocycles. The van der Waals surface area contributed by atoms with Gasteiger partial charge in [0.25, 0.3) is 5.91 Å². The molecule has 0 spiro atoms. The number of aliphatic imine (C=N–C) groups is 1. The molecule has 1 aromatic carbocycles. The Hall–Kier alpha value is -3.07. The van der Waals surface area contributed by atoms with Crippen LogP contribution in [0.25, 0.3) is 10.3 Å². The summed E-state index contributed by atoms with van der Waals surface area (Å²) >= 11 is 1.25. The number of rotatable bonds is 5. The molecule has 3 heterocycles. The standard InChI is InChI=1S/C18H18N6O2S/c1-4-26-13-6-11-8-19-7-10(11)5-12(13)22-15-14-16(21-9-20-15)27-17(23-14)18(25)24(2)3/h5-7,9H,4,8H2,1-3H3,(H,20,21,22). The molecule has 0 aliphatic carbocycles. The molecular formula is C18H18N6O2S. The van der Waals surface area contributed by atoms with Crippen molar-refractivity contribution in [2.45, 2.75) is 13.5 Å². The van der Waals surface area contributed by atoms with E-state index >= 15 is 0 Å². The fourth-order valence-electron chi connectivity index (χ4n) is 2.77. The number of carbonyl (C=O) groups is 1. The molecule has 0 unspecified atom stereocenters. The number of hydrogen-bond acceptors (Lipinski definition) is 8. The third-order valence-corrected chi connectivity index (χ3v) is 5.02. The fraction of sp³-hybridized carbons (Fsp3) is 0.278. The van der Waals surface area contributed by atoms with E-state index in [0.29, 0.717) is 34.3 Å². The number of aromatic nitrogens is 3. The SMILES string of the molecule is CCOc1cc2c(cc1Nc1ncnc3sc(C(=O)N(C)C)nc13)C=NC2. The molecule has 8 nitrogen and oxygen atoms in total. The Morgan fingerprint density at radius 1 is 1.33 bits per heavy atom. The second kappa shape index (κ2) is 6.92. The summed E-state index contributed by atoms with van der Waals surface area (Å²) in [6, 6.07) is 3.98. The molecule has 0 fully saturated rings. The van der Waals surface area contributed by atoms with E-state index in [1.165, 1.54) is 22.6 Å². The molecule has 0 radical (unpaired) electrons. The Bertz CT molecular complexity index is 1060. The van der Waals surface area contributed by atoms with Crippen molar-refractivity contribution in [1.82, 2.24) is 19.9 Å². The second-order valence-electron chi connectivity index (χ2n) is 6.17. The Morgan fingerprint density at radius 3 is 2.96 bits per heavy atom. The first-order chi connectivity index (χ1) is 13.1. The van der Waals surface area contributed by atoms with E-state index < -0.39 is 0 Å². The average molecular weight is 382 g/mol. The maximum atomic E-state index is 12.2. The van der Waals surface area contributed by atoms with Crippen LogP contribution in [0, 0.1) is 0 Å². The van der Waals surface area contributed by atoms with Crippen LogP contribution in [0.15, 0.2) is 23.5 Å². The highest BCUT2D eigenvalue weighted by molar-refractivity contribution is 7.19. The van der Waals surface area contributed by atoms with Crippen molar-refractivity contribution in [2.24, 2.45) is 4.99 Å². The number of anilines is 2. The Balaban J connectivity index is 1.75. The van der Waals surface area contributed by atoms with Gasteiger partial charge in [-0.3, -0.25) is 9.79 Å². The van der Waals surface area contributed by atoms with E-state index in [4.69, 9.17) is 4.74 Å². The summed E-state index contributed by atoms with van der Waals surface area (Å²) in [5, 5.41) is 3.67. The zero-order chi connectivity index (χ0) is 19.0. The smallest absolute Gasteiger partial charge is 0.282 e. The number of amides is 1. The lowest BCUT2D eigenvalue weighted by Crippen LogP contribution is -2.21. The summed E-state index contributed by atoms with van der Waals surface area (Å²) < 4.78 is 5.78. The van der Waals surface area contributed by atoms with Crippen molar-refractivity contribution in [2.75, 3.05) is 26.0 Å². The van der Waals surface area contributed by atoms with Gasteiger partial charge in [0.1, 0.15) is 22.4 Å². The summed E-state index contributed by atoms with van der Waals surface area (Å²) in [5.74, 6) is 1.10. The maximum Gasteiger partial charge on any atom is 0.282 e. The van der Waals surface area contributed by atoms with Crippen LogP contribution in [-0.4, -0.2) is 52.7 Å². The molecule has 1 aliphatic rings. The first-order valence-electron chi connectivity index (χ1n) is 8.46. The van der Waals surface area contributed by atoms with Crippen molar-refractivity contribution in [3.8, 4) is 5.75 Å². The van der Waals surface area contributed by atoms with Crippen LogP contribution in [-0.2, 0) is 6.54 Å². The number of hydrogen-bond donors (Lipinski definition) is 1. The van der Waals surface area contributed by atoms with Crippen LogP contribution in [0.2, 0.25) is 0 Å². The molecule has 1 amide bonds. The van der Waals surface area contributed by atoms with Gasteiger partial charge in [-0.15, -0.1) is 0 Å². The molecule has 1 aliphatic heterocycles. The molecule has 3 aromatic rings. The minimum Gasteiger partial charge on any atom is -0.492 e. The van der Waals surface area contributed by atoms with Gasteiger partial charge in [0.2, 0.25) is 0 Å². The van der Waals surface area contributed by atoms with Crippen molar-refractivity contribution >= 4 is 45.3 Å². The highest BCUT2D eigenvalue weighted by Gasteiger charge is 2.19. The third-order valence-electron chi connectivity index (χ3n) is 4.07. The number of benzene rings is 1. The minimum absolute atomic E-state index is 0.160. The van der Waals surface area contributed by atoms with Crippen molar-refractivity contribution in [3.05, 3.63) is 34.6 Å². The minimum atomic E-state index is -0.160. The van der Waals surface area contributed by atoms with Gasteiger partial charge >= 0.3 is 0 Å². The largest absolute Gasteiger partial charge is 0.492 e. The monoisotopic (exact) mass is 382 g/mol. The van der Waals surface area contributed by atoms with E-state index in [1.807, 2.05) is 25.3 Å². The van der Waals surface area contributed by atoms with Crippen LogP contribution in [0.1, 0.15) is 27.9 Å². The van der Waals surface area contributed by atoms with Crippen LogP contribution in [0.5, 0.6) is 5.75 Å². The van der Waals surface area contributed by atoms with Crippen molar-refractivity contribution in [1.29, 1.82) is 0 Å². The van der Waals surface area contributed by atoms with Gasteiger partial charge in [0.05, 0.1) is 18.8 Å². The first kappa shape index (κ1) is 17.3. The zero-order valence-corrected chi connectivity index (χ0v) is 16.0. The van der Waals surface area contributed by atoms with Crippen LogP contribution < -0.4 is 10.1 Å². The lowest BCUT2D eigenvalue weighted by molar-refractivity contribution is 0.0827. The predicted molar refractivity (Wildman–Crippen MR) is 105 cm³/mol. The van der Waals surface area contributed by atoms with Gasteiger partial charge in [0.15, 0.2) is 10.8 Å². The van der Waals surface area contributed by atoms with E-state index in [1.54, 1.807) is 14.1 Å². The summed E-state index contributed by atoms with van der Waals surface area (Å²) in [7, 11) is 3.39. The predicted octanol–water partition coefficient (Wildman–Crippen LogP) is 2.86. The average Bonchev–Trinajstić information content (AvgIpc) is 3.28. The normalized spacial score (nSPS) is 12.3. The molecular weight excluding hydrogens is 364 g/mol. The molecule has 138 valence electrons. The number of ether oxygens (including phenoxy) is 1. The number of nitrogens with zero attached hydrogens (tertiary/aromatic N) is 5. The van der Waals surface area contributed by atoms with Crippen LogP contribution in [0.3, 0.4) is 0 Å². The molecule has 0 atom stereocenters. The molecule has 27 heavy (non-hydrogen) atoms. The molecule has 9 heteroatoms. The van der Waals surface area contributed by atoms with Gasteiger partial charge in [0, 0.05) is 20.3 Å². The molecule has 1 N–H and O–H groups in total. The van der Waals surface area contributed by atoms with Gasteiger partial charge in [-0.05, 0) is 30.2 Å². The Labute approximate surface area is 159 Å². The van der Waals surface area contributed by atoms with Gasteiger partial charge < -0.3 is 15.0 Å². The lowest BCUT2D eigenvalue weighted by atomic mass is 10.1. The number of thiazole rings is 1. The molecule has 0 bridgehead atoms. The summed E-state index contributed by atoms with van der Waals surface area (Å²) in [6.07, 6.45) is 3.31. The van der Waals surface area contributed by atoms with Gasteiger partial charge in [-0.2, -0.15) is 0 Å². The first-order valence-corrected chi connectivity index (χ1v) is 9.28. The van der Waals surface area contributed by atoms with E-state index in [2.05, 4.69) is 25.3 Å². The lowest BCUT2D eigenvalue weighted by Gasteiger charge is -2.14. The summed E-state index contributed by atoms with van der Waals surface area (Å²) in [5.41, 5.74) is 3.51. The van der Waals surface area contributed by atoms with Crippen molar-refractivity contribution < 1.29 is 9.53 Å². The van der Waals surface area contributed by atoms with E-state index in [-0.39, 0.29) is 5.91 Å². The highest BCUT2D eigenvalue weighted by atomic mass is 32.1. The van der Waals surface area contributed by atoms with E-state index in [0.717, 1.165) is 22.6 Å². The number of carbonyl (C=O) groups excluding carboxylic acids is 1. The Morgan fingerprint density at radius 2 is 2.19 bits per heavy atom. The second-order valence-corrected chi connectivity index (χ2v) is 7.15. The quantitative estimate of drug-likeness (QED) is 0.729. The summed E-state index contributed by atoms with van der Waals surface area (Å²) in [6.45, 7) is 3.15. The van der Waals surface area contributed by atoms with Crippen LogP contribution in [0.4, 0.5) is 11.5 Å². The third kappa shape index (κ3) is 3.21. The van der Waals surface area contributed by atoms with E-state index in [9.17, 15) is 4.79 Å². The number of nitrogens with one attached hydrogen (secondary N) is 1. The summed E-state index contributed by atoms with van der Waals surface area (Å²) in [4.78, 5) is 31.7.